The van der Waals surface area contributed by atoms with Gasteiger partial charge in [0.15, 0.2) is 17.3 Å². The minimum absolute atomic E-state index is 0.0682. The molecule has 0 radical (unpaired) electrons. The standard InChI is InChI=1S/C27H28F3NO5/c28-21-14-17(15-3-4-15)7-10-19(21)26(33)31-13-1-2-22(32)20-11-12-23(25(30)24(20)29)36-18-8-5-16(6-9-18)27(34)35/h7,10-12,14-16,18H,1-6,8-9,13H2,(H,31,33)(H,34,35). The zero-order valence-corrected chi connectivity index (χ0v) is 19.7. The minimum atomic E-state index is -1.31. The van der Waals surface area contributed by atoms with Crippen LogP contribution in [0.4, 0.5) is 13.2 Å². The Morgan fingerprint density at radius 2 is 1.61 bits per heavy atom. The van der Waals surface area contributed by atoms with Gasteiger partial charge in [0, 0.05) is 13.0 Å². The molecule has 9 heteroatoms. The number of benzene rings is 2. The number of rotatable bonds is 10. The molecule has 2 aliphatic rings. The molecule has 2 fully saturated rings. The lowest BCUT2D eigenvalue weighted by atomic mass is 9.87. The zero-order valence-electron chi connectivity index (χ0n) is 19.7. The first-order valence-electron chi connectivity index (χ1n) is 12.2. The lowest BCUT2D eigenvalue weighted by Crippen LogP contribution is -2.28. The number of hydrogen-bond acceptors (Lipinski definition) is 4. The molecule has 2 aliphatic carbocycles. The fourth-order valence-corrected chi connectivity index (χ4v) is 4.51. The Balaban J connectivity index is 1.25. The molecule has 2 aromatic rings. The minimum Gasteiger partial charge on any atom is -0.487 e. The number of carboxylic acid groups (broad SMARTS) is 1. The second kappa shape index (κ2) is 11.1. The maximum Gasteiger partial charge on any atom is 0.306 e. The van der Waals surface area contributed by atoms with E-state index in [0.717, 1.165) is 24.5 Å². The van der Waals surface area contributed by atoms with Crippen molar-refractivity contribution in [1.82, 2.24) is 5.32 Å². The topological polar surface area (TPSA) is 92.7 Å². The molecule has 0 heterocycles. The van der Waals surface area contributed by atoms with Crippen LogP contribution in [0, 0.1) is 23.4 Å². The van der Waals surface area contributed by atoms with Crippen LogP contribution in [-0.4, -0.2) is 35.4 Å². The van der Waals surface area contributed by atoms with Crippen LogP contribution in [-0.2, 0) is 4.79 Å². The summed E-state index contributed by atoms with van der Waals surface area (Å²) in [5.74, 6) is -5.67. The third-order valence-corrected chi connectivity index (χ3v) is 6.82. The van der Waals surface area contributed by atoms with Gasteiger partial charge in [0.25, 0.3) is 5.91 Å². The highest BCUT2D eigenvalue weighted by molar-refractivity contribution is 5.97. The summed E-state index contributed by atoms with van der Waals surface area (Å²) in [4.78, 5) is 35.7. The average Bonchev–Trinajstić information content (AvgIpc) is 3.70. The van der Waals surface area contributed by atoms with E-state index < -0.39 is 52.7 Å². The number of ether oxygens (including phenoxy) is 1. The van der Waals surface area contributed by atoms with Gasteiger partial charge < -0.3 is 15.2 Å². The van der Waals surface area contributed by atoms with E-state index in [1.807, 2.05) is 0 Å². The van der Waals surface area contributed by atoms with E-state index in [9.17, 15) is 27.6 Å². The first kappa shape index (κ1) is 25.7. The van der Waals surface area contributed by atoms with Crippen LogP contribution in [0.2, 0.25) is 0 Å². The van der Waals surface area contributed by atoms with E-state index >= 15 is 0 Å². The predicted octanol–water partition coefficient (Wildman–Crippen LogP) is 5.40. The van der Waals surface area contributed by atoms with Crippen LogP contribution in [0.25, 0.3) is 0 Å². The Morgan fingerprint density at radius 1 is 0.917 bits per heavy atom. The molecule has 2 N–H and O–H groups in total. The number of carbonyl (C=O) groups excluding carboxylic acids is 2. The van der Waals surface area contributed by atoms with Gasteiger partial charge in [0.1, 0.15) is 5.82 Å². The lowest BCUT2D eigenvalue weighted by molar-refractivity contribution is -0.143. The van der Waals surface area contributed by atoms with Crippen LogP contribution in [0.5, 0.6) is 5.75 Å². The lowest BCUT2D eigenvalue weighted by Gasteiger charge is -2.27. The molecule has 4 rings (SSSR count). The number of Topliss-reactive ketones (excluding diaryl/α,β-unsaturated/α-hetero) is 1. The highest BCUT2D eigenvalue weighted by atomic mass is 19.2. The summed E-state index contributed by atoms with van der Waals surface area (Å²) in [6.45, 7) is 0.0682. The Kier molecular flexibility index (Phi) is 7.96. The fraction of sp³-hybridized carbons (Fsp3) is 0.444. The van der Waals surface area contributed by atoms with Crippen molar-refractivity contribution in [3.63, 3.8) is 0 Å². The van der Waals surface area contributed by atoms with Crippen LogP contribution >= 0.6 is 0 Å². The molecule has 0 spiro atoms. The largest absolute Gasteiger partial charge is 0.487 e. The van der Waals surface area contributed by atoms with Crippen LogP contribution in [0.1, 0.15) is 83.6 Å². The molecule has 36 heavy (non-hydrogen) atoms. The third kappa shape index (κ3) is 6.06. The molecule has 2 aromatic carbocycles. The van der Waals surface area contributed by atoms with Crippen molar-refractivity contribution in [2.45, 2.75) is 63.4 Å². The predicted molar refractivity (Wildman–Crippen MR) is 125 cm³/mol. The van der Waals surface area contributed by atoms with E-state index in [2.05, 4.69) is 5.32 Å². The van der Waals surface area contributed by atoms with Gasteiger partial charge in [-0.3, -0.25) is 14.4 Å². The number of ketones is 1. The second-order valence-electron chi connectivity index (χ2n) is 9.47. The van der Waals surface area contributed by atoms with Crippen molar-refractivity contribution in [1.29, 1.82) is 0 Å². The summed E-state index contributed by atoms with van der Waals surface area (Å²) in [6, 6.07) is 6.93. The van der Waals surface area contributed by atoms with E-state index in [1.165, 1.54) is 18.2 Å². The number of hydrogen-bond donors (Lipinski definition) is 2. The van der Waals surface area contributed by atoms with Gasteiger partial charge in [-0.1, -0.05) is 6.07 Å². The second-order valence-corrected chi connectivity index (χ2v) is 9.47. The molecule has 0 aliphatic heterocycles. The summed E-state index contributed by atoms with van der Waals surface area (Å²) in [7, 11) is 0. The van der Waals surface area contributed by atoms with E-state index in [1.54, 1.807) is 6.07 Å². The van der Waals surface area contributed by atoms with Crippen molar-refractivity contribution in [2.75, 3.05) is 6.54 Å². The third-order valence-electron chi connectivity index (χ3n) is 6.82. The fourth-order valence-electron chi connectivity index (χ4n) is 4.51. The Labute approximate surface area is 206 Å². The van der Waals surface area contributed by atoms with Crippen molar-refractivity contribution >= 4 is 17.7 Å². The molecule has 0 unspecified atom stereocenters. The molecule has 0 aromatic heterocycles. The van der Waals surface area contributed by atoms with Crippen molar-refractivity contribution in [3.05, 3.63) is 64.5 Å². The van der Waals surface area contributed by atoms with Gasteiger partial charge in [0.2, 0.25) is 5.82 Å². The first-order valence-corrected chi connectivity index (χ1v) is 12.2. The molecular weight excluding hydrogens is 475 g/mol. The van der Waals surface area contributed by atoms with Gasteiger partial charge >= 0.3 is 5.97 Å². The Hall–Kier alpha value is -3.36. The molecular formula is C27H28F3NO5. The summed E-state index contributed by atoms with van der Waals surface area (Å²) >= 11 is 0. The summed E-state index contributed by atoms with van der Waals surface area (Å²) in [5, 5.41) is 11.6. The highest BCUT2D eigenvalue weighted by Crippen LogP contribution is 2.40. The van der Waals surface area contributed by atoms with Gasteiger partial charge in [-0.2, -0.15) is 4.39 Å². The smallest absolute Gasteiger partial charge is 0.306 e. The van der Waals surface area contributed by atoms with Crippen LogP contribution < -0.4 is 10.1 Å². The summed E-state index contributed by atoms with van der Waals surface area (Å²) < 4.78 is 48.9. The zero-order chi connectivity index (χ0) is 25.8. The maximum absolute atomic E-state index is 14.6. The van der Waals surface area contributed by atoms with E-state index in [4.69, 9.17) is 9.84 Å². The van der Waals surface area contributed by atoms with Gasteiger partial charge in [-0.05, 0) is 80.7 Å². The van der Waals surface area contributed by atoms with E-state index in [-0.39, 0.29) is 30.7 Å². The van der Waals surface area contributed by atoms with Crippen LogP contribution in [0.15, 0.2) is 30.3 Å². The monoisotopic (exact) mass is 503 g/mol. The molecule has 192 valence electrons. The quantitative estimate of drug-likeness (QED) is 0.335. The molecule has 2 saturated carbocycles. The van der Waals surface area contributed by atoms with Gasteiger partial charge in [-0.25, -0.2) is 8.78 Å². The molecule has 0 bridgehead atoms. The van der Waals surface area contributed by atoms with Crippen LogP contribution in [0.3, 0.4) is 0 Å². The number of amides is 1. The van der Waals surface area contributed by atoms with Gasteiger partial charge in [-0.15, -0.1) is 0 Å². The van der Waals surface area contributed by atoms with Crippen molar-refractivity contribution < 1.29 is 37.4 Å². The number of halogens is 3. The number of carboxylic acids is 1. The molecule has 1 amide bonds. The Morgan fingerprint density at radius 3 is 2.25 bits per heavy atom. The first-order chi connectivity index (χ1) is 17.2. The summed E-state index contributed by atoms with van der Waals surface area (Å²) in [5.41, 5.74) is 0.388. The average molecular weight is 504 g/mol. The van der Waals surface area contributed by atoms with Gasteiger partial charge in [0.05, 0.1) is 23.1 Å². The SMILES string of the molecule is O=C(NCCCC(=O)c1ccc(OC2CCC(C(=O)O)CC2)c(F)c1F)c1ccc(C2CC2)cc1F. The van der Waals surface area contributed by atoms with E-state index in [0.29, 0.717) is 31.6 Å². The van der Waals surface area contributed by atoms with Crippen molar-refractivity contribution in [2.24, 2.45) is 5.92 Å². The molecule has 6 nitrogen and oxygen atoms in total. The normalized spacial score (nSPS) is 19.5. The molecule has 0 atom stereocenters. The summed E-state index contributed by atoms with van der Waals surface area (Å²) in [6.07, 6.45) is 3.28. The highest BCUT2D eigenvalue weighted by Gasteiger charge is 2.29. The Bertz CT molecular complexity index is 1160. The molecule has 0 saturated heterocycles. The maximum atomic E-state index is 14.6. The number of nitrogens with one attached hydrogen (secondary N) is 1. The van der Waals surface area contributed by atoms with Crippen molar-refractivity contribution in [3.8, 4) is 5.75 Å². The number of aliphatic carboxylic acids is 1. The number of carbonyl (C=O) groups is 3.